The lowest BCUT2D eigenvalue weighted by molar-refractivity contribution is -0.0781. The van der Waals surface area contributed by atoms with Gasteiger partial charge in [0.2, 0.25) is 0 Å². The van der Waals surface area contributed by atoms with Gasteiger partial charge >= 0.3 is 0 Å². The Morgan fingerprint density at radius 1 is 1.45 bits per heavy atom. The maximum absolute atomic E-state index is 9.93. The highest BCUT2D eigenvalue weighted by Gasteiger charge is 2.41. The first-order chi connectivity index (χ1) is 5.31. The van der Waals surface area contributed by atoms with Gasteiger partial charge in [0, 0.05) is 5.92 Å². The van der Waals surface area contributed by atoms with Crippen LogP contribution in [0.1, 0.15) is 25.7 Å². The van der Waals surface area contributed by atoms with Crippen molar-refractivity contribution in [1.82, 2.24) is 0 Å². The van der Waals surface area contributed by atoms with Crippen LogP contribution in [0.15, 0.2) is 12.3 Å². The van der Waals surface area contributed by atoms with Crippen molar-refractivity contribution in [1.29, 1.82) is 0 Å². The van der Waals surface area contributed by atoms with E-state index in [2.05, 4.69) is 0 Å². The fraction of sp³-hybridized carbons (Fsp3) is 0.778. The second-order valence-electron chi connectivity index (χ2n) is 3.55. The monoisotopic (exact) mass is 154 g/mol. The van der Waals surface area contributed by atoms with Crippen LogP contribution < -0.4 is 0 Å². The molecular formula is C9H14O2. The SMILES string of the molecule is OC1([C@@H]2C=COCC2)CCC1. The molecule has 2 rings (SSSR count). The van der Waals surface area contributed by atoms with E-state index in [4.69, 9.17) is 4.74 Å². The molecule has 0 radical (unpaired) electrons. The van der Waals surface area contributed by atoms with E-state index in [-0.39, 0.29) is 5.60 Å². The second-order valence-corrected chi connectivity index (χ2v) is 3.55. The Balaban J connectivity index is 2.02. The lowest BCUT2D eigenvalue weighted by Crippen LogP contribution is -2.44. The highest BCUT2D eigenvalue weighted by molar-refractivity contribution is 5.03. The van der Waals surface area contributed by atoms with Crippen LogP contribution in [0.4, 0.5) is 0 Å². The van der Waals surface area contributed by atoms with Crippen molar-refractivity contribution < 1.29 is 9.84 Å². The van der Waals surface area contributed by atoms with E-state index in [1.165, 1.54) is 6.42 Å². The normalized spacial score (nSPS) is 34.1. The van der Waals surface area contributed by atoms with Crippen LogP contribution in [-0.4, -0.2) is 17.3 Å². The predicted molar refractivity (Wildman–Crippen MR) is 42.0 cm³/mol. The molecule has 2 aliphatic rings. The smallest absolute Gasteiger partial charge is 0.0879 e. The molecule has 1 heterocycles. The number of ether oxygens (including phenoxy) is 1. The summed E-state index contributed by atoms with van der Waals surface area (Å²) < 4.78 is 5.07. The van der Waals surface area contributed by atoms with Crippen molar-refractivity contribution in [3.05, 3.63) is 12.3 Å². The minimum Gasteiger partial charge on any atom is -0.501 e. The molecule has 1 aliphatic heterocycles. The number of hydrogen-bond donors (Lipinski definition) is 1. The molecule has 11 heavy (non-hydrogen) atoms. The quantitative estimate of drug-likeness (QED) is 0.619. The average molecular weight is 154 g/mol. The van der Waals surface area contributed by atoms with Gasteiger partial charge < -0.3 is 9.84 Å². The number of rotatable bonds is 1. The first-order valence-corrected chi connectivity index (χ1v) is 4.32. The summed E-state index contributed by atoms with van der Waals surface area (Å²) >= 11 is 0. The largest absolute Gasteiger partial charge is 0.501 e. The van der Waals surface area contributed by atoms with Crippen molar-refractivity contribution in [3.63, 3.8) is 0 Å². The molecule has 0 spiro atoms. The maximum atomic E-state index is 9.93. The van der Waals surface area contributed by atoms with Crippen LogP contribution in [0.25, 0.3) is 0 Å². The molecule has 0 aromatic rings. The van der Waals surface area contributed by atoms with Crippen molar-refractivity contribution in [2.75, 3.05) is 6.61 Å². The number of hydrogen-bond acceptors (Lipinski definition) is 2. The Labute approximate surface area is 66.9 Å². The Morgan fingerprint density at radius 2 is 2.27 bits per heavy atom. The van der Waals surface area contributed by atoms with Crippen LogP contribution >= 0.6 is 0 Å². The Kier molecular flexibility index (Phi) is 1.64. The van der Waals surface area contributed by atoms with Crippen LogP contribution in [0.5, 0.6) is 0 Å². The molecule has 1 saturated carbocycles. The third-order valence-corrected chi connectivity index (χ3v) is 2.86. The minimum absolute atomic E-state index is 0.352. The van der Waals surface area contributed by atoms with Gasteiger partial charge in [-0.15, -0.1) is 0 Å². The Hall–Kier alpha value is -0.500. The molecular weight excluding hydrogens is 140 g/mol. The summed E-state index contributed by atoms with van der Waals surface area (Å²) in [6, 6.07) is 0. The van der Waals surface area contributed by atoms with Crippen LogP contribution in [0.2, 0.25) is 0 Å². The molecule has 0 unspecified atom stereocenters. The van der Waals surface area contributed by atoms with Gasteiger partial charge in [0.25, 0.3) is 0 Å². The van der Waals surface area contributed by atoms with Gasteiger partial charge in [-0.2, -0.15) is 0 Å². The molecule has 2 heteroatoms. The molecule has 0 saturated heterocycles. The fourth-order valence-electron chi connectivity index (χ4n) is 1.87. The lowest BCUT2D eigenvalue weighted by atomic mass is 9.70. The van der Waals surface area contributed by atoms with Gasteiger partial charge in [0.15, 0.2) is 0 Å². The average Bonchev–Trinajstić information content (AvgIpc) is 2.02. The molecule has 0 aromatic carbocycles. The Bertz CT molecular complexity index is 170. The van der Waals surface area contributed by atoms with Crippen LogP contribution in [0.3, 0.4) is 0 Å². The van der Waals surface area contributed by atoms with Gasteiger partial charge in [-0.05, 0) is 31.8 Å². The fourth-order valence-corrected chi connectivity index (χ4v) is 1.87. The summed E-state index contributed by atoms with van der Waals surface area (Å²) in [5.74, 6) is 0.352. The summed E-state index contributed by atoms with van der Waals surface area (Å²) in [4.78, 5) is 0. The molecule has 1 aliphatic carbocycles. The van der Waals surface area contributed by atoms with Gasteiger partial charge in [-0.25, -0.2) is 0 Å². The van der Waals surface area contributed by atoms with Gasteiger partial charge in [-0.3, -0.25) is 0 Å². The molecule has 1 fully saturated rings. The molecule has 1 N–H and O–H groups in total. The zero-order valence-corrected chi connectivity index (χ0v) is 6.62. The van der Waals surface area contributed by atoms with Crippen molar-refractivity contribution in [2.24, 2.45) is 5.92 Å². The molecule has 0 aromatic heterocycles. The Morgan fingerprint density at radius 3 is 2.73 bits per heavy atom. The van der Waals surface area contributed by atoms with Crippen molar-refractivity contribution in [2.45, 2.75) is 31.3 Å². The summed E-state index contributed by atoms with van der Waals surface area (Å²) in [6.45, 7) is 0.767. The molecule has 62 valence electrons. The minimum atomic E-state index is -0.375. The van der Waals surface area contributed by atoms with E-state index >= 15 is 0 Å². The first-order valence-electron chi connectivity index (χ1n) is 4.32. The molecule has 2 nitrogen and oxygen atoms in total. The zero-order valence-electron chi connectivity index (χ0n) is 6.62. The van der Waals surface area contributed by atoms with Crippen LogP contribution in [0, 0.1) is 5.92 Å². The zero-order chi connectivity index (χ0) is 7.73. The standard InChI is InChI=1S/C9H14O2/c10-9(4-1-5-9)8-2-6-11-7-3-8/h2,6,8,10H,1,3-5,7H2/t8-/m1/s1. The maximum Gasteiger partial charge on any atom is 0.0879 e. The van der Waals surface area contributed by atoms with E-state index in [9.17, 15) is 5.11 Å². The molecule has 1 atom stereocenters. The number of aliphatic hydroxyl groups is 1. The van der Waals surface area contributed by atoms with E-state index in [0.717, 1.165) is 25.9 Å². The summed E-state index contributed by atoms with van der Waals surface area (Å²) in [5.41, 5.74) is -0.375. The van der Waals surface area contributed by atoms with Crippen LogP contribution in [-0.2, 0) is 4.74 Å². The highest BCUT2D eigenvalue weighted by Crippen LogP contribution is 2.41. The van der Waals surface area contributed by atoms with E-state index in [1.807, 2.05) is 6.08 Å². The van der Waals surface area contributed by atoms with E-state index < -0.39 is 0 Å². The van der Waals surface area contributed by atoms with Crippen molar-refractivity contribution in [3.8, 4) is 0 Å². The molecule has 0 bridgehead atoms. The first kappa shape index (κ1) is 7.17. The van der Waals surface area contributed by atoms with Gasteiger partial charge in [0.1, 0.15) is 0 Å². The summed E-state index contributed by atoms with van der Waals surface area (Å²) in [5, 5.41) is 9.93. The summed E-state index contributed by atoms with van der Waals surface area (Å²) in [6.07, 6.45) is 7.84. The second kappa shape index (κ2) is 2.52. The molecule has 0 amide bonds. The predicted octanol–water partition coefficient (Wildman–Crippen LogP) is 1.45. The third-order valence-electron chi connectivity index (χ3n) is 2.86. The van der Waals surface area contributed by atoms with E-state index in [1.54, 1.807) is 6.26 Å². The van der Waals surface area contributed by atoms with E-state index in [0.29, 0.717) is 5.92 Å². The topological polar surface area (TPSA) is 29.5 Å². The third kappa shape index (κ3) is 1.16. The van der Waals surface area contributed by atoms with Crippen molar-refractivity contribution >= 4 is 0 Å². The lowest BCUT2D eigenvalue weighted by Gasteiger charge is -2.42. The summed E-state index contributed by atoms with van der Waals surface area (Å²) in [7, 11) is 0. The highest BCUT2D eigenvalue weighted by atomic mass is 16.5. The van der Waals surface area contributed by atoms with Gasteiger partial charge in [0.05, 0.1) is 18.5 Å². The van der Waals surface area contributed by atoms with Gasteiger partial charge in [-0.1, -0.05) is 0 Å².